The number of para-hydroxylation sites is 2. The molecule has 0 unspecified atom stereocenters. The molecule has 60 heavy (non-hydrogen) atoms. The summed E-state index contributed by atoms with van der Waals surface area (Å²) in [6, 6.07) is 68.0. The van der Waals surface area contributed by atoms with Gasteiger partial charge < -0.3 is 14.4 Å². The van der Waals surface area contributed by atoms with Crippen molar-refractivity contribution in [1.29, 1.82) is 0 Å². The molecule has 9 aromatic rings. The molecule has 4 aliphatic rings. The molecule has 0 saturated heterocycles. The van der Waals surface area contributed by atoms with Crippen molar-refractivity contribution in [3.8, 4) is 28.4 Å². The molecule has 0 atom stereocenters. The molecule has 284 valence electrons. The maximum Gasteiger partial charge on any atom is 0.250 e. The van der Waals surface area contributed by atoms with Crippen molar-refractivity contribution in [1.82, 2.24) is 0 Å². The molecule has 0 bridgehead atoms. The Kier molecular flexibility index (Phi) is 7.54. The van der Waals surface area contributed by atoms with Gasteiger partial charge in [-0.3, -0.25) is 0 Å². The van der Waals surface area contributed by atoms with Crippen molar-refractivity contribution >= 4 is 94.8 Å². The van der Waals surface area contributed by atoms with Crippen LogP contribution in [0.4, 0.5) is 11.4 Å². The van der Waals surface area contributed by atoms with Crippen LogP contribution in [0, 0.1) is 0 Å². The van der Waals surface area contributed by atoms with Gasteiger partial charge in [-0.2, -0.15) is 0 Å². The highest BCUT2D eigenvalue weighted by atomic mass is 32.1. The van der Waals surface area contributed by atoms with Crippen LogP contribution in [0.1, 0.15) is 25.7 Å². The Morgan fingerprint density at radius 3 is 2.13 bits per heavy atom. The largest absolute Gasteiger partial charge is 0.458 e. The normalized spacial score (nSPS) is 15.7. The Labute approximate surface area is 354 Å². The van der Waals surface area contributed by atoms with Crippen molar-refractivity contribution in [3.63, 3.8) is 0 Å². The Morgan fingerprint density at radius 1 is 0.533 bits per heavy atom. The third-order valence-corrected chi connectivity index (χ3v) is 19.6. The summed E-state index contributed by atoms with van der Waals surface area (Å²) in [6.45, 7) is -0.0138. The van der Waals surface area contributed by atoms with E-state index in [1.165, 1.54) is 74.1 Å². The lowest BCUT2D eigenvalue weighted by Crippen LogP contribution is -2.87. The van der Waals surface area contributed by atoms with Gasteiger partial charge in [-0.1, -0.05) is 151 Å². The van der Waals surface area contributed by atoms with E-state index in [2.05, 4.69) is 187 Å². The number of ether oxygens (including phenoxy) is 2. The Hall–Kier alpha value is -6.60. The first-order chi connectivity index (χ1) is 29.8. The first-order valence-electron chi connectivity index (χ1n) is 21.2. The van der Waals surface area contributed by atoms with Crippen LogP contribution in [0.25, 0.3) is 31.3 Å². The van der Waals surface area contributed by atoms with Gasteiger partial charge in [0.1, 0.15) is 17.3 Å². The molecule has 1 aliphatic carbocycles. The summed E-state index contributed by atoms with van der Waals surface area (Å²) in [5.41, 5.74) is 9.88. The molecule has 0 N–H and O–H groups in total. The zero-order chi connectivity index (χ0) is 39.4. The molecule has 0 saturated carbocycles. The minimum Gasteiger partial charge on any atom is -0.458 e. The van der Waals surface area contributed by atoms with Gasteiger partial charge >= 0.3 is 0 Å². The monoisotopic (exact) mass is 803 g/mol. The number of nitrogens with zero attached hydrogens (tertiary/aromatic N) is 1. The minimum absolute atomic E-state index is 0.0138. The lowest BCUT2D eigenvalue weighted by Gasteiger charge is -2.45. The minimum atomic E-state index is -2.86. The zero-order valence-electron chi connectivity index (χ0n) is 32.9. The molecular formula is C54H38BNO2SSi. The molecule has 0 fully saturated rings. The summed E-state index contributed by atoms with van der Waals surface area (Å²) < 4.78 is 16.4. The van der Waals surface area contributed by atoms with E-state index in [1.54, 1.807) is 0 Å². The molecule has 4 heterocycles. The highest BCUT2D eigenvalue weighted by Crippen LogP contribution is 2.47. The smallest absolute Gasteiger partial charge is 0.250 e. The van der Waals surface area contributed by atoms with Gasteiger partial charge in [-0.05, 0) is 92.4 Å². The number of benzene rings is 8. The van der Waals surface area contributed by atoms with Crippen LogP contribution >= 0.6 is 11.3 Å². The van der Waals surface area contributed by atoms with Gasteiger partial charge in [0, 0.05) is 38.3 Å². The van der Waals surface area contributed by atoms with Gasteiger partial charge in [0.05, 0.1) is 11.4 Å². The summed E-state index contributed by atoms with van der Waals surface area (Å²) >= 11 is 1.90. The SMILES string of the molecule is c1ccc([Si]2(c3ccccc3)c3ccc(-c4cccc5c4sc4ccccc45)cc3B3c4ccc(N5C6=C(CCCC6)Oc6ccccc65)cc4Oc4cccc2c43)cc1. The Balaban J connectivity index is 1.08. The van der Waals surface area contributed by atoms with Crippen LogP contribution in [0.5, 0.6) is 17.2 Å². The molecule has 13 rings (SSSR count). The first kappa shape index (κ1) is 34.3. The summed E-state index contributed by atoms with van der Waals surface area (Å²) in [7, 11) is -2.86. The standard InChI is InChI=1S/C54H38BNO2SSi/c1-3-15-37(16-4-1)60(38-17-5-2-6-18-38)51-32-29-35(39-20-13-21-41-40-19-7-12-27-50(40)59-54(39)41)33-43(51)55-42-31-30-36(34-49(42)58-48-26-14-28-52(60)53(48)55)56-44-22-8-10-24-46(44)57-47-25-11-9-23-45(47)56/h1-8,10,12-22,24,26-34H,9,11,23,25H2. The van der Waals surface area contributed by atoms with Crippen molar-refractivity contribution in [3.05, 3.63) is 193 Å². The van der Waals surface area contributed by atoms with Crippen LogP contribution < -0.4 is 51.5 Å². The van der Waals surface area contributed by atoms with Crippen LogP contribution in [-0.4, -0.2) is 14.8 Å². The maximum atomic E-state index is 7.22. The molecule has 0 radical (unpaired) electrons. The van der Waals surface area contributed by atoms with Crippen molar-refractivity contribution in [2.24, 2.45) is 0 Å². The third kappa shape index (κ3) is 4.83. The number of hydrogen-bond donors (Lipinski definition) is 0. The average molecular weight is 804 g/mol. The quantitative estimate of drug-likeness (QED) is 0.166. The summed E-state index contributed by atoms with van der Waals surface area (Å²) in [5, 5.41) is 8.25. The lowest BCUT2D eigenvalue weighted by molar-refractivity contribution is 0.363. The lowest BCUT2D eigenvalue weighted by atomic mass is 9.35. The number of allylic oxidation sites excluding steroid dienone is 2. The topological polar surface area (TPSA) is 21.7 Å². The molecule has 6 heteroatoms. The van der Waals surface area contributed by atoms with E-state index in [1.807, 2.05) is 11.3 Å². The highest BCUT2D eigenvalue weighted by Gasteiger charge is 2.52. The molecule has 3 aliphatic heterocycles. The van der Waals surface area contributed by atoms with Crippen LogP contribution in [-0.2, 0) is 0 Å². The van der Waals surface area contributed by atoms with E-state index in [4.69, 9.17) is 9.47 Å². The van der Waals surface area contributed by atoms with Gasteiger partial charge in [-0.25, -0.2) is 0 Å². The second-order valence-corrected chi connectivity index (χ2v) is 21.3. The second kappa shape index (κ2) is 13.2. The zero-order valence-corrected chi connectivity index (χ0v) is 34.7. The number of anilines is 2. The van der Waals surface area contributed by atoms with Crippen LogP contribution in [0.15, 0.2) is 193 Å². The first-order valence-corrected chi connectivity index (χ1v) is 24.0. The fraction of sp³-hybridized carbons (Fsp3) is 0.0741. The van der Waals surface area contributed by atoms with Crippen molar-refractivity contribution < 1.29 is 9.47 Å². The molecular weight excluding hydrogens is 766 g/mol. The molecule has 1 aromatic heterocycles. The number of rotatable bonds is 4. The Morgan fingerprint density at radius 2 is 1.27 bits per heavy atom. The second-order valence-electron chi connectivity index (χ2n) is 16.5. The molecule has 8 aromatic carbocycles. The number of thiophene rings is 1. The summed E-state index contributed by atoms with van der Waals surface area (Å²) in [6.07, 6.45) is 4.26. The van der Waals surface area contributed by atoms with E-state index >= 15 is 0 Å². The molecule has 0 amide bonds. The molecule has 0 spiro atoms. The van der Waals surface area contributed by atoms with Crippen LogP contribution in [0.2, 0.25) is 0 Å². The highest BCUT2D eigenvalue weighted by molar-refractivity contribution is 7.27. The Bertz CT molecular complexity index is 3210. The van der Waals surface area contributed by atoms with Gasteiger partial charge in [0.25, 0.3) is 6.71 Å². The fourth-order valence-corrected chi connectivity index (χ4v) is 17.4. The summed E-state index contributed by atoms with van der Waals surface area (Å²) in [5.74, 6) is 3.88. The predicted molar refractivity (Wildman–Crippen MR) is 254 cm³/mol. The van der Waals surface area contributed by atoms with Gasteiger partial charge in [-0.15, -0.1) is 11.3 Å². The number of fused-ring (bicyclic) bond motifs is 8. The van der Waals surface area contributed by atoms with E-state index in [0.29, 0.717) is 0 Å². The predicted octanol–water partition coefficient (Wildman–Crippen LogP) is 9.35. The number of hydrogen-bond acceptors (Lipinski definition) is 4. The maximum absolute atomic E-state index is 7.22. The van der Waals surface area contributed by atoms with Crippen molar-refractivity contribution in [2.45, 2.75) is 25.7 Å². The van der Waals surface area contributed by atoms with Crippen molar-refractivity contribution in [2.75, 3.05) is 4.90 Å². The molecule has 3 nitrogen and oxygen atoms in total. The third-order valence-electron chi connectivity index (χ3n) is 13.4. The fourth-order valence-electron chi connectivity index (χ4n) is 10.9. The van der Waals surface area contributed by atoms with Crippen LogP contribution in [0.3, 0.4) is 0 Å². The van der Waals surface area contributed by atoms with Gasteiger partial charge in [0.2, 0.25) is 0 Å². The van der Waals surface area contributed by atoms with Gasteiger partial charge in [0.15, 0.2) is 13.8 Å². The van der Waals surface area contributed by atoms with E-state index < -0.39 is 8.07 Å². The van der Waals surface area contributed by atoms with E-state index in [0.717, 1.165) is 60.1 Å². The average Bonchev–Trinajstić information content (AvgIpc) is 3.70. The summed E-state index contributed by atoms with van der Waals surface area (Å²) in [4.78, 5) is 2.43. The van der Waals surface area contributed by atoms with E-state index in [-0.39, 0.29) is 6.71 Å². The van der Waals surface area contributed by atoms with E-state index in [9.17, 15) is 0 Å².